The molecular formula is C22H25NO6S. The first kappa shape index (κ1) is 24.8. The van der Waals surface area contributed by atoms with Crippen molar-refractivity contribution in [2.24, 2.45) is 7.05 Å². The fourth-order valence-electron chi connectivity index (χ4n) is 2.32. The van der Waals surface area contributed by atoms with E-state index >= 15 is 0 Å². The number of benzene rings is 2. The molecule has 0 radical (unpaired) electrons. The van der Waals surface area contributed by atoms with Crippen LogP contribution in [0.1, 0.15) is 16.7 Å². The predicted molar refractivity (Wildman–Crippen MR) is 114 cm³/mol. The normalized spacial score (nSPS) is 10.7. The smallest absolute Gasteiger partial charge is 0.169 e. The molecule has 0 amide bonds. The van der Waals surface area contributed by atoms with Crippen LogP contribution in [0.15, 0.2) is 71.9 Å². The molecule has 0 aliphatic heterocycles. The van der Waals surface area contributed by atoms with Gasteiger partial charge in [0.05, 0.1) is 12.0 Å². The van der Waals surface area contributed by atoms with Crippen molar-refractivity contribution in [3.8, 4) is 11.5 Å². The average molecular weight is 432 g/mol. The summed E-state index contributed by atoms with van der Waals surface area (Å²) in [4.78, 5) is -0.178. The lowest BCUT2D eigenvalue weighted by atomic mass is 10.1. The fourth-order valence-corrected chi connectivity index (χ4v) is 2.79. The molecule has 2 aromatic carbocycles. The monoisotopic (exact) mass is 431 g/mol. The topological polar surface area (TPSA) is 122 Å². The lowest BCUT2D eigenvalue weighted by Gasteiger charge is -2.05. The van der Waals surface area contributed by atoms with Crippen molar-refractivity contribution in [1.29, 1.82) is 0 Å². The Labute approximate surface area is 176 Å². The van der Waals surface area contributed by atoms with E-state index in [2.05, 4.69) is 0 Å². The highest BCUT2D eigenvalue weighted by molar-refractivity contribution is 7.85. The van der Waals surface area contributed by atoms with Crippen molar-refractivity contribution in [3.05, 3.63) is 83.7 Å². The third-order valence-electron chi connectivity index (χ3n) is 3.99. The standard InChI is InChI=1S/C15H15NO2.C7H8O3S.H2O/c1-16-9-7-12(8-10-16)3-4-13-5-6-14(17)15(11-13)18-2;1-6-2-4-7(5-3-6)11(8,9)10;/h3-11H,1-2H3;2-5H,1H3,(H,8,9,10);1H2. The van der Waals surface area contributed by atoms with Gasteiger partial charge in [0.15, 0.2) is 23.9 Å². The lowest BCUT2D eigenvalue weighted by Crippen LogP contribution is -2.25. The molecule has 0 spiro atoms. The maximum Gasteiger partial charge on any atom is 0.169 e. The van der Waals surface area contributed by atoms with Crippen LogP contribution in [0.2, 0.25) is 0 Å². The van der Waals surface area contributed by atoms with Crippen LogP contribution in [0.4, 0.5) is 0 Å². The summed E-state index contributed by atoms with van der Waals surface area (Å²) in [5, 5.41) is 9.50. The van der Waals surface area contributed by atoms with Crippen molar-refractivity contribution in [1.82, 2.24) is 0 Å². The van der Waals surface area contributed by atoms with E-state index in [9.17, 15) is 18.1 Å². The quantitative estimate of drug-likeness (QED) is 0.502. The number of hydrogen-bond acceptors (Lipinski definition) is 5. The van der Waals surface area contributed by atoms with Gasteiger partial charge < -0.3 is 19.9 Å². The molecule has 3 rings (SSSR count). The predicted octanol–water partition coefficient (Wildman–Crippen LogP) is 2.47. The number of nitrogens with zero attached hydrogens (tertiary/aromatic N) is 1. The van der Waals surface area contributed by atoms with Gasteiger partial charge in [-0.25, -0.2) is 13.0 Å². The summed E-state index contributed by atoms with van der Waals surface area (Å²) < 4.78 is 38.2. The Morgan fingerprint density at radius 2 is 1.53 bits per heavy atom. The molecule has 1 aromatic heterocycles. The highest BCUT2D eigenvalue weighted by atomic mass is 32.2. The summed E-state index contributed by atoms with van der Waals surface area (Å²) in [6.45, 7) is 1.82. The van der Waals surface area contributed by atoms with E-state index in [4.69, 9.17) is 4.74 Å². The van der Waals surface area contributed by atoms with Gasteiger partial charge in [-0.2, -0.15) is 0 Å². The molecule has 0 saturated heterocycles. The zero-order chi connectivity index (χ0) is 21.4. The summed E-state index contributed by atoms with van der Waals surface area (Å²) in [5.74, 6) is 0.637. The van der Waals surface area contributed by atoms with Gasteiger partial charge in [0.2, 0.25) is 0 Å². The van der Waals surface area contributed by atoms with Crippen LogP contribution in [0, 0.1) is 6.92 Å². The lowest BCUT2D eigenvalue weighted by molar-refractivity contribution is -0.671. The number of aromatic nitrogens is 1. The molecule has 0 saturated carbocycles. The van der Waals surface area contributed by atoms with Crippen LogP contribution in [-0.2, 0) is 17.2 Å². The number of methoxy groups -OCH3 is 1. The van der Waals surface area contributed by atoms with E-state index in [1.54, 1.807) is 31.4 Å². The summed E-state index contributed by atoms with van der Waals surface area (Å²) in [7, 11) is -0.744. The summed E-state index contributed by atoms with van der Waals surface area (Å²) >= 11 is 0. The largest absolute Gasteiger partial charge is 0.744 e. The van der Waals surface area contributed by atoms with Gasteiger partial charge in [-0.3, -0.25) is 0 Å². The number of aromatic hydroxyl groups is 1. The van der Waals surface area contributed by atoms with Crippen LogP contribution in [0.5, 0.6) is 11.5 Å². The van der Waals surface area contributed by atoms with E-state index in [0.717, 1.165) is 16.7 Å². The number of aryl methyl sites for hydroxylation is 2. The van der Waals surface area contributed by atoms with E-state index < -0.39 is 10.1 Å². The second kappa shape index (κ2) is 11.1. The van der Waals surface area contributed by atoms with Crippen LogP contribution in [-0.4, -0.2) is 30.7 Å². The number of rotatable bonds is 4. The van der Waals surface area contributed by atoms with Crippen molar-refractivity contribution in [2.75, 3.05) is 7.11 Å². The SMILES string of the molecule is COc1cc(/C=C/c2cc[n+](C)cc2)ccc1O.Cc1ccc(S(=O)(=O)[O-])cc1.O. The zero-order valence-corrected chi connectivity index (χ0v) is 17.8. The maximum absolute atomic E-state index is 10.4. The Bertz CT molecular complexity index is 1080. The molecule has 0 bridgehead atoms. The van der Waals surface area contributed by atoms with Gasteiger partial charge >= 0.3 is 0 Å². The van der Waals surface area contributed by atoms with Crippen molar-refractivity contribution < 1.29 is 32.9 Å². The second-order valence-electron chi connectivity index (χ2n) is 6.33. The Morgan fingerprint density at radius 3 is 2.07 bits per heavy atom. The van der Waals surface area contributed by atoms with Crippen LogP contribution in [0.25, 0.3) is 12.2 Å². The number of phenolic OH excluding ortho intramolecular Hbond substituents is 1. The van der Waals surface area contributed by atoms with Gasteiger partial charge in [0.25, 0.3) is 0 Å². The van der Waals surface area contributed by atoms with E-state index in [0.29, 0.717) is 5.75 Å². The summed E-state index contributed by atoms with van der Waals surface area (Å²) in [6.07, 6.45) is 8.00. The Hall–Kier alpha value is -3.20. The molecule has 1 heterocycles. The van der Waals surface area contributed by atoms with Gasteiger partial charge in [-0.1, -0.05) is 35.9 Å². The third-order valence-corrected chi connectivity index (χ3v) is 4.84. The first-order valence-corrected chi connectivity index (χ1v) is 10.1. The highest BCUT2D eigenvalue weighted by Gasteiger charge is 2.00. The molecule has 3 aromatic rings. The summed E-state index contributed by atoms with van der Waals surface area (Å²) in [6, 6.07) is 15.1. The van der Waals surface area contributed by atoms with Gasteiger partial charge in [-0.05, 0) is 42.3 Å². The number of ether oxygens (including phenoxy) is 1. The summed E-state index contributed by atoms with van der Waals surface area (Å²) in [5.41, 5.74) is 3.04. The average Bonchev–Trinajstić information content (AvgIpc) is 2.69. The number of phenols is 1. The fraction of sp³-hybridized carbons (Fsp3) is 0.136. The Morgan fingerprint density at radius 1 is 0.967 bits per heavy atom. The Kier molecular flexibility index (Phi) is 9.19. The van der Waals surface area contributed by atoms with Crippen LogP contribution < -0.4 is 9.30 Å². The van der Waals surface area contributed by atoms with E-state index in [1.165, 1.54) is 12.1 Å². The van der Waals surface area contributed by atoms with E-state index in [-0.39, 0.29) is 16.1 Å². The molecular weight excluding hydrogens is 406 g/mol. The van der Waals surface area contributed by atoms with Crippen LogP contribution >= 0.6 is 0 Å². The van der Waals surface area contributed by atoms with Gasteiger partial charge in [0, 0.05) is 12.1 Å². The molecule has 7 nitrogen and oxygen atoms in total. The van der Waals surface area contributed by atoms with Crippen molar-refractivity contribution in [2.45, 2.75) is 11.8 Å². The third kappa shape index (κ3) is 7.67. The molecule has 8 heteroatoms. The maximum atomic E-state index is 10.4. The molecule has 0 aliphatic rings. The molecule has 160 valence electrons. The van der Waals surface area contributed by atoms with Crippen molar-refractivity contribution >= 4 is 22.3 Å². The minimum absolute atomic E-state index is 0. The minimum atomic E-state index is -4.27. The number of hydrogen-bond donors (Lipinski definition) is 1. The first-order chi connectivity index (χ1) is 13.7. The molecule has 3 N–H and O–H groups in total. The molecule has 0 unspecified atom stereocenters. The molecule has 0 atom stereocenters. The Balaban J connectivity index is 0.000000324. The van der Waals surface area contributed by atoms with E-state index in [1.807, 2.05) is 61.3 Å². The van der Waals surface area contributed by atoms with Gasteiger partial charge in [0.1, 0.15) is 17.2 Å². The molecule has 0 fully saturated rings. The molecule has 0 aliphatic carbocycles. The first-order valence-electron chi connectivity index (χ1n) is 8.72. The highest BCUT2D eigenvalue weighted by Crippen LogP contribution is 2.27. The zero-order valence-electron chi connectivity index (χ0n) is 16.9. The second-order valence-corrected chi connectivity index (χ2v) is 7.71. The van der Waals surface area contributed by atoms with Gasteiger partial charge in [-0.15, -0.1) is 0 Å². The number of pyridine rings is 1. The minimum Gasteiger partial charge on any atom is -0.744 e. The van der Waals surface area contributed by atoms with Crippen molar-refractivity contribution in [3.63, 3.8) is 0 Å². The van der Waals surface area contributed by atoms with Crippen LogP contribution in [0.3, 0.4) is 0 Å². The molecule has 30 heavy (non-hydrogen) atoms.